The number of nitrogens with zero attached hydrogens (tertiary/aromatic N) is 3. The quantitative estimate of drug-likeness (QED) is 0.530. The van der Waals surface area contributed by atoms with Gasteiger partial charge in [-0.2, -0.15) is 0 Å². The molecule has 0 radical (unpaired) electrons. The molecule has 1 N–H and O–H groups in total. The first-order valence-corrected chi connectivity index (χ1v) is 13.0. The number of aryl methyl sites for hydroxylation is 1. The highest BCUT2D eigenvalue weighted by Crippen LogP contribution is 2.30. The third-order valence-corrected chi connectivity index (χ3v) is 8.11. The van der Waals surface area contributed by atoms with Crippen molar-refractivity contribution in [1.82, 2.24) is 15.2 Å². The Morgan fingerprint density at radius 2 is 2.10 bits per heavy atom. The van der Waals surface area contributed by atoms with E-state index in [2.05, 4.69) is 20.5 Å². The van der Waals surface area contributed by atoms with Crippen LogP contribution in [0.15, 0.2) is 39.3 Å². The highest BCUT2D eigenvalue weighted by molar-refractivity contribution is 7.98. The van der Waals surface area contributed by atoms with Gasteiger partial charge >= 0.3 is 0 Å². The molecule has 0 unspecified atom stereocenters. The van der Waals surface area contributed by atoms with Crippen LogP contribution in [0.1, 0.15) is 34.5 Å². The molecule has 158 valence electrons. The fourth-order valence-electron chi connectivity index (χ4n) is 3.04. The number of benzene rings is 1. The van der Waals surface area contributed by atoms with Crippen molar-refractivity contribution < 1.29 is 17.6 Å². The predicted molar refractivity (Wildman–Crippen MR) is 115 cm³/mol. The van der Waals surface area contributed by atoms with E-state index in [0.29, 0.717) is 23.3 Å². The van der Waals surface area contributed by atoms with Crippen molar-refractivity contribution in [2.45, 2.75) is 36.7 Å². The average Bonchev–Trinajstić information content (AvgIpc) is 3.42. The summed E-state index contributed by atoms with van der Waals surface area (Å²) < 4.78 is 28.8. The molecule has 1 fully saturated rings. The number of aromatic nitrogens is 3. The Balaban J connectivity index is 1.28. The van der Waals surface area contributed by atoms with E-state index in [1.807, 2.05) is 36.6 Å². The summed E-state index contributed by atoms with van der Waals surface area (Å²) in [5, 5.41) is 13.9. The predicted octanol–water partition coefficient (Wildman–Crippen LogP) is 3.21. The van der Waals surface area contributed by atoms with Gasteiger partial charge in [-0.3, -0.25) is 4.79 Å². The minimum absolute atomic E-state index is 0.0688. The molecule has 4 rings (SSSR count). The number of rotatable bonds is 7. The summed E-state index contributed by atoms with van der Waals surface area (Å²) >= 11 is 2.78. The topological polar surface area (TPSA) is 115 Å². The zero-order valence-corrected chi connectivity index (χ0v) is 18.6. The van der Waals surface area contributed by atoms with Gasteiger partial charge in [-0.25, -0.2) is 13.4 Å². The summed E-state index contributed by atoms with van der Waals surface area (Å²) in [6.07, 6.45) is 0.735. The van der Waals surface area contributed by atoms with E-state index < -0.39 is 9.84 Å². The molecule has 0 spiro atoms. The van der Waals surface area contributed by atoms with Gasteiger partial charge in [0.2, 0.25) is 11.8 Å². The van der Waals surface area contributed by atoms with Gasteiger partial charge in [0.25, 0.3) is 5.22 Å². The number of thiazole rings is 1. The molecule has 1 aliphatic heterocycles. The molecule has 8 nitrogen and oxygen atoms in total. The Bertz CT molecular complexity index is 1140. The van der Waals surface area contributed by atoms with Crippen molar-refractivity contribution >= 4 is 44.5 Å². The van der Waals surface area contributed by atoms with Crippen molar-refractivity contribution in [3.8, 4) is 0 Å². The van der Waals surface area contributed by atoms with E-state index in [0.717, 1.165) is 22.0 Å². The third-order valence-electron chi connectivity index (χ3n) is 4.59. The van der Waals surface area contributed by atoms with E-state index >= 15 is 0 Å². The van der Waals surface area contributed by atoms with E-state index in [4.69, 9.17) is 4.42 Å². The molecule has 11 heteroatoms. The molecule has 3 aromatic rings. The minimum Gasteiger partial charge on any atom is -0.416 e. The lowest BCUT2D eigenvalue weighted by atomic mass is 10.1. The number of carbonyl (C=O) groups is 1. The van der Waals surface area contributed by atoms with Crippen LogP contribution in [0.4, 0.5) is 5.69 Å². The molecule has 1 amide bonds. The normalized spacial score (nSPS) is 17.8. The molecule has 1 saturated heterocycles. The van der Waals surface area contributed by atoms with E-state index in [9.17, 15) is 13.2 Å². The van der Waals surface area contributed by atoms with Gasteiger partial charge in [-0.15, -0.1) is 21.5 Å². The molecule has 0 saturated carbocycles. The summed E-state index contributed by atoms with van der Waals surface area (Å²) in [6, 6.07) is 7.64. The maximum atomic E-state index is 12.2. The van der Waals surface area contributed by atoms with Gasteiger partial charge in [0, 0.05) is 16.8 Å². The van der Waals surface area contributed by atoms with E-state index in [-0.39, 0.29) is 29.8 Å². The molecule has 1 aliphatic rings. The second-order valence-electron chi connectivity index (χ2n) is 7.12. The molecular weight excluding hydrogens is 444 g/mol. The monoisotopic (exact) mass is 464 g/mol. The van der Waals surface area contributed by atoms with Crippen LogP contribution in [0.3, 0.4) is 0 Å². The summed E-state index contributed by atoms with van der Waals surface area (Å²) in [6.45, 7) is 2.00. The van der Waals surface area contributed by atoms with Crippen LogP contribution in [0, 0.1) is 6.92 Å². The first kappa shape index (κ1) is 21.0. The van der Waals surface area contributed by atoms with Crippen molar-refractivity contribution in [3.05, 3.63) is 51.8 Å². The third kappa shape index (κ3) is 5.46. The smallest absolute Gasteiger partial charge is 0.276 e. The number of amides is 1. The lowest BCUT2D eigenvalue weighted by Crippen LogP contribution is -2.14. The van der Waals surface area contributed by atoms with Crippen LogP contribution in [-0.2, 0) is 26.8 Å². The van der Waals surface area contributed by atoms with Gasteiger partial charge in [0.05, 0.1) is 29.5 Å². The van der Waals surface area contributed by atoms with Gasteiger partial charge < -0.3 is 9.73 Å². The Morgan fingerprint density at radius 3 is 2.83 bits per heavy atom. The van der Waals surface area contributed by atoms with Crippen molar-refractivity contribution in [2.75, 3.05) is 16.8 Å². The van der Waals surface area contributed by atoms with Crippen LogP contribution in [0.5, 0.6) is 0 Å². The van der Waals surface area contributed by atoms with Gasteiger partial charge in [-0.05, 0) is 25.5 Å². The zero-order valence-electron chi connectivity index (χ0n) is 16.2. The van der Waals surface area contributed by atoms with Crippen molar-refractivity contribution in [2.24, 2.45) is 0 Å². The Kier molecular flexibility index (Phi) is 6.21. The number of anilines is 1. The van der Waals surface area contributed by atoms with Crippen LogP contribution >= 0.6 is 23.1 Å². The standard InChI is InChI=1S/C19H20N4O4S3/c1-12-2-4-14(5-3-12)20-16(24)8-17-21-15(9-28-17)10-29-19-23-22-18(27-19)13-6-7-30(25,26)11-13/h2-5,9,13H,6-8,10-11H2,1H3,(H,20,24)/t13-/m0/s1. The lowest BCUT2D eigenvalue weighted by Gasteiger charge is -2.04. The summed E-state index contributed by atoms with van der Waals surface area (Å²) in [7, 11) is -2.99. The fraction of sp³-hybridized carbons (Fsp3) is 0.368. The SMILES string of the molecule is Cc1ccc(NC(=O)Cc2nc(CSc3nnc([C@H]4CCS(=O)(=O)C4)o3)cs2)cc1. The molecule has 30 heavy (non-hydrogen) atoms. The Hall–Kier alpha value is -2.24. The highest BCUT2D eigenvalue weighted by atomic mass is 32.2. The van der Waals surface area contributed by atoms with Gasteiger partial charge in [0.15, 0.2) is 9.84 Å². The molecule has 1 atom stereocenters. The zero-order chi connectivity index (χ0) is 21.1. The molecule has 2 aromatic heterocycles. The number of sulfone groups is 1. The van der Waals surface area contributed by atoms with E-state index in [1.165, 1.54) is 23.1 Å². The van der Waals surface area contributed by atoms with E-state index in [1.54, 1.807) is 0 Å². The molecule has 0 bridgehead atoms. The summed E-state index contributed by atoms with van der Waals surface area (Å²) in [4.78, 5) is 16.7. The van der Waals surface area contributed by atoms with Gasteiger partial charge in [-0.1, -0.05) is 29.5 Å². The van der Waals surface area contributed by atoms with Crippen LogP contribution < -0.4 is 5.32 Å². The Morgan fingerprint density at radius 1 is 1.30 bits per heavy atom. The minimum atomic E-state index is -2.99. The second kappa shape index (κ2) is 8.86. The maximum absolute atomic E-state index is 12.2. The van der Waals surface area contributed by atoms with Crippen LogP contribution in [-0.4, -0.2) is 41.0 Å². The molecular formula is C19H20N4O4S3. The lowest BCUT2D eigenvalue weighted by molar-refractivity contribution is -0.115. The van der Waals surface area contributed by atoms with Crippen LogP contribution in [0.2, 0.25) is 0 Å². The Labute approximate surface area is 182 Å². The first-order chi connectivity index (χ1) is 14.4. The molecule has 3 heterocycles. The fourth-order valence-corrected chi connectivity index (χ4v) is 6.34. The molecule has 0 aliphatic carbocycles. The number of hydrogen-bond donors (Lipinski definition) is 1. The number of thioether (sulfide) groups is 1. The maximum Gasteiger partial charge on any atom is 0.276 e. The molecule has 1 aromatic carbocycles. The average molecular weight is 465 g/mol. The number of carbonyl (C=O) groups excluding carboxylic acids is 1. The van der Waals surface area contributed by atoms with Crippen LogP contribution in [0.25, 0.3) is 0 Å². The first-order valence-electron chi connectivity index (χ1n) is 9.33. The van der Waals surface area contributed by atoms with Crippen molar-refractivity contribution in [1.29, 1.82) is 0 Å². The highest BCUT2D eigenvalue weighted by Gasteiger charge is 2.32. The van der Waals surface area contributed by atoms with Gasteiger partial charge in [0.1, 0.15) is 5.01 Å². The largest absolute Gasteiger partial charge is 0.416 e. The summed E-state index contributed by atoms with van der Waals surface area (Å²) in [5.41, 5.74) is 2.73. The van der Waals surface area contributed by atoms with Crippen molar-refractivity contribution in [3.63, 3.8) is 0 Å². The summed E-state index contributed by atoms with van der Waals surface area (Å²) in [5.74, 6) is 0.822. The number of hydrogen-bond acceptors (Lipinski definition) is 9. The second-order valence-corrected chi connectivity index (χ2v) is 11.2. The number of nitrogens with one attached hydrogen (secondary N) is 1.